The zero-order chi connectivity index (χ0) is 10.1. The largest absolute Gasteiger partial charge is 0.478 e. The van der Waals surface area contributed by atoms with E-state index in [1.165, 1.54) is 19.3 Å². The second-order valence-corrected chi connectivity index (χ2v) is 3.29. The van der Waals surface area contributed by atoms with Crippen LogP contribution in [-0.2, 0) is 4.79 Å². The summed E-state index contributed by atoms with van der Waals surface area (Å²) < 4.78 is 0. The van der Waals surface area contributed by atoms with E-state index in [0.29, 0.717) is 5.92 Å². The molecule has 2 nitrogen and oxygen atoms in total. The summed E-state index contributed by atoms with van der Waals surface area (Å²) in [5.74, 6) is -0.501. The second-order valence-electron chi connectivity index (χ2n) is 3.29. The van der Waals surface area contributed by atoms with Gasteiger partial charge in [-0.3, -0.25) is 0 Å². The maximum Gasteiger partial charge on any atom is 0.336 e. The van der Waals surface area contributed by atoms with Crippen LogP contribution in [0.5, 0.6) is 0 Å². The fourth-order valence-electron chi connectivity index (χ4n) is 1.08. The molecule has 0 radical (unpaired) electrons. The van der Waals surface area contributed by atoms with E-state index in [0.717, 1.165) is 12.5 Å². The minimum absolute atomic E-state index is 0.433. The average molecular weight is 182 g/mol. The molecule has 0 aliphatic carbocycles. The lowest BCUT2D eigenvalue weighted by Crippen LogP contribution is -1.89. The van der Waals surface area contributed by atoms with Crippen LogP contribution in [0.3, 0.4) is 0 Å². The van der Waals surface area contributed by atoms with E-state index in [4.69, 9.17) is 5.11 Å². The van der Waals surface area contributed by atoms with Gasteiger partial charge in [0.25, 0.3) is 0 Å². The van der Waals surface area contributed by atoms with Gasteiger partial charge in [0.2, 0.25) is 0 Å². The van der Waals surface area contributed by atoms with Gasteiger partial charge in [0, 0.05) is 0 Å². The third-order valence-electron chi connectivity index (χ3n) is 1.85. The fourth-order valence-corrected chi connectivity index (χ4v) is 1.08. The van der Waals surface area contributed by atoms with Crippen molar-refractivity contribution in [2.75, 3.05) is 0 Å². The molecule has 0 saturated carbocycles. The molecular formula is C11H18O2. The van der Waals surface area contributed by atoms with Crippen LogP contribution in [0.2, 0.25) is 0 Å². The number of carboxylic acid groups (broad SMARTS) is 1. The lowest BCUT2D eigenvalue weighted by Gasteiger charge is -2.02. The van der Waals surface area contributed by atoms with E-state index in [2.05, 4.69) is 19.6 Å². The Kier molecular flexibility index (Phi) is 7.04. The number of carbonyl (C=O) groups is 1. The van der Waals surface area contributed by atoms with E-state index in [1.54, 1.807) is 0 Å². The fraction of sp³-hybridized carbons (Fsp3) is 0.636. The van der Waals surface area contributed by atoms with Gasteiger partial charge in [-0.05, 0) is 18.4 Å². The molecule has 0 aromatic carbocycles. The lowest BCUT2D eigenvalue weighted by atomic mass is 10.0. The molecule has 0 bridgehead atoms. The molecule has 0 amide bonds. The van der Waals surface area contributed by atoms with Crippen molar-refractivity contribution in [3.63, 3.8) is 0 Å². The van der Waals surface area contributed by atoms with Crippen molar-refractivity contribution < 1.29 is 9.90 Å². The first-order valence-electron chi connectivity index (χ1n) is 4.82. The van der Waals surface area contributed by atoms with Crippen molar-refractivity contribution in [2.45, 2.75) is 39.5 Å². The van der Waals surface area contributed by atoms with Gasteiger partial charge < -0.3 is 5.11 Å². The highest BCUT2D eigenvalue weighted by Crippen LogP contribution is 2.09. The Morgan fingerprint density at radius 3 is 2.77 bits per heavy atom. The van der Waals surface area contributed by atoms with Crippen LogP contribution in [0.15, 0.2) is 17.9 Å². The normalized spacial score (nSPS) is 11.5. The van der Waals surface area contributed by atoms with Gasteiger partial charge in [-0.1, -0.05) is 33.1 Å². The molecule has 0 heterocycles. The number of unbranched alkanes of at least 4 members (excludes halogenated alkanes) is 2. The second kappa shape index (κ2) is 7.63. The van der Waals surface area contributed by atoms with Gasteiger partial charge in [-0.25, -0.2) is 4.79 Å². The van der Waals surface area contributed by atoms with E-state index in [-0.39, 0.29) is 0 Å². The highest BCUT2D eigenvalue weighted by molar-refractivity contribution is 5.79. The summed E-state index contributed by atoms with van der Waals surface area (Å²) in [7, 11) is 0. The minimum atomic E-state index is -0.933. The molecule has 0 fully saturated rings. The smallest absolute Gasteiger partial charge is 0.336 e. The Bertz CT molecular complexity index is 200. The summed E-state index contributed by atoms with van der Waals surface area (Å²) in [6.07, 6.45) is 7.68. The Balaban J connectivity index is 3.66. The van der Waals surface area contributed by atoms with Gasteiger partial charge in [0.1, 0.15) is 0 Å². The van der Waals surface area contributed by atoms with E-state index < -0.39 is 5.97 Å². The summed E-state index contributed by atoms with van der Waals surface area (Å²) in [4.78, 5) is 10.1. The van der Waals surface area contributed by atoms with E-state index in [9.17, 15) is 4.79 Å². The summed E-state index contributed by atoms with van der Waals surface area (Å²) in [5.41, 5.74) is 2.66. The van der Waals surface area contributed by atoms with Crippen molar-refractivity contribution in [1.29, 1.82) is 0 Å². The van der Waals surface area contributed by atoms with Crippen LogP contribution in [0.25, 0.3) is 0 Å². The Morgan fingerprint density at radius 2 is 2.23 bits per heavy atom. The Labute approximate surface area is 80.0 Å². The average Bonchev–Trinajstić information content (AvgIpc) is 2.04. The van der Waals surface area contributed by atoms with Gasteiger partial charge >= 0.3 is 5.97 Å². The third kappa shape index (κ3) is 8.90. The van der Waals surface area contributed by atoms with Crippen LogP contribution in [-0.4, -0.2) is 11.1 Å². The van der Waals surface area contributed by atoms with Crippen LogP contribution in [0.4, 0.5) is 0 Å². The summed E-state index contributed by atoms with van der Waals surface area (Å²) in [6, 6.07) is 0. The molecule has 1 atom stereocenters. The molecule has 0 aliphatic heterocycles. The predicted octanol–water partition coefficient (Wildman–Crippen LogP) is 3.00. The third-order valence-corrected chi connectivity index (χ3v) is 1.85. The van der Waals surface area contributed by atoms with Crippen LogP contribution in [0.1, 0.15) is 39.5 Å². The summed E-state index contributed by atoms with van der Waals surface area (Å²) >= 11 is 0. The summed E-state index contributed by atoms with van der Waals surface area (Å²) in [6.45, 7) is 4.25. The van der Waals surface area contributed by atoms with Crippen molar-refractivity contribution >= 4 is 5.97 Å². The number of carboxylic acids is 1. The van der Waals surface area contributed by atoms with Crippen LogP contribution >= 0.6 is 0 Å². The minimum Gasteiger partial charge on any atom is -0.478 e. The first-order chi connectivity index (χ1) is 6.16. The van der Waals surface area contributed by atoms with E-state index >= 15 is 0 Å². The molecule has 74 valence electrons. The van der Waals surface area contributed by atoms with Gasteiger partial charge in [-0.2, -0.15) is 0 Å². The highest BCUT2D eigenvalue weighted by Gasteiger charge is 1.95. The first-order valence-corrected chi connectivity index (χ1v) is 4.82. The Morgan fingerprint density at radius 1 is 1.54 bits per heavy atom. The first kappa shape index (κ1) is 12.0. The van der Waals surface area contributed by atoms with Crippen LogP contribution in [0, 0.1) is 5.92 Å². The number of hydrogen-bond donors (Lipinski definition) is 1. The molecule has 2 heteroatoms. The summed E-state index contributed by atoms with van der Waals surface area (Å²) in [5, 5.41) is 8.30. The molecule has 1 N–H and O–H groups in total. The SMILES string of the molecule is CCCCCC(C)C=C=CC(=O)O. The zero-order valence-electron chi connectivity index (χ0n) is 8.42. The van der Waals surface area contributed by atoms with Gasteiger partial charge in [0.15, 0.2) is 0 Å². The zero-order valence-corrected chi connectivity index (χ0v) is 8.42. The maximum atomic E-state index is 10.1. The molecule has 0 aromatic heterocycles. The number of aliphatic carboxylic acids is 1. The van der Waals surface area contributed by atoms with E-state index in [1.807, 2.05) is 6.08 Å². The number of hydrogen-bond acceptors (Lipinski definition) is 1. The Hall–Kier alpha value is -1.01. The molecule has 0 saturated heterocycles. The highest BCUT2D eigenvalue weighted by atomic mass is 16.4. The molecule has 0 aromatic rings. The van der Waals surface area contributed by atoms with Crippen molar-refractivity contribution in [2.24, 2.45) is 5.92 Å². The predicted molar refractivity (Wildman–Crippen MR) is 53.6 cm³/mol. The number of rotatable bonds is 6. The van der Waals surface area contributed by atoms with Crippen molar-refractivity contribution in [3.05, 3.63) is 17.9 Å². The standard InChI is InChI=1S/C11H18O2/c1-3-4-5-7-10(2)8-6-9-11(12)13/h8-10H,3-5,7H2,1-2H3,(H,12,13). The quantitative estimate of drug-likeness (QED) is 0.389. The topological polar surface area (TPSA) is 37.3 Å². The monoisotopic (exact) mass is 182 g/mol. The lowest BCUT2D eigenvalue weighted by molar-refractivity contribution is -0.131. The maximum absolute atomic E-state index is 10.1. The van der Waals surface area contributed by atoms with Crippen LogP contribution < -0.4 is 0 Å². The van der Waals surface area contributed by atoms with Gasteiger partial charge in [-0.15, -0.1) is 5.73 Å². The van der Waals surface area contributed by atoms with Crippen molar-refractivity contribution in [3.8, 4) is 0 Å². The molecular weight excluding hydrogens is 164 g/mol. The molecule has 0 rings (SSSR count). The molecule has 0 spiro atoms. The molecule has 0 aliphatic rings. The van der Waals surface area contributed by atoms with Crippen molar-refractivity contribution in [1.82, 2.24) is 0 Å². The molecule has 1 unspecified atom stereocenters. The molecule has 13 heavy (non-hydrogen) atoms. The van der Waals surface area contributed by atoms with Gasteiger partial charge in [0.05, 0.1) is 6.08 Å².